The van der Waals surface area contributed by atoms with E-state index < -0.39 is 14.8 Å². The summed E-state index contributed by atoms with van der Waals surface area (Å²) in [6.45, 7) is 0. The first-order valence-electron chi connectivity index (χ1n) is 2.72. The van der Waals surface area contributed by atoms with Gasteiger partial charge in [-0.25, -0.2) is 0 Å². The van der Waals surface area contributed by atoms with Crippen LogP contribution in [0, 0.1) is 14.8 Å². The number of halogens is 1. The number of phenolic OH excluding ortho intramolecular Hbond substituents is 1. The monoisotopic (exact) mass is 220 g/mol. The molecule has 1 rings (SSSR count). The van der Waals surface area contributed by atoms with Crippen molar-refractivity contribution in [2.45, 2.75) is 0 Å². The number of hydrogen-bond acceptors (Lipinski definition) is 4. The SMILES string of the molecule is [O-][Br+2]([O-])Oc1ccccc1O. The zero-order valence-electron chi connectivity index (χ0n) is 5.36. The molecule has 0 amide bonds. The van der Waals surface area contributed by atoms with Crippen molar-refractivity contribution in [1.29, 1.82) is 0 Å². The van der Waals surface area contributed by atoms with E-state index in [2.05, 4.69) is 3.83 Å². The molecule has 0 aliphatic carbocycles. The molecule has 0 unspecified atom stereocenters. The molecule has 0 heterocycles. The minimum Gasteiger partial charge on any atom is -0.504 e. The molecule has 0 aromatic heterocycles. The normalized spacial score (nSPS) is 10.1. The van der Waals surface area contributed by atoms with Gasteiger partial charge in [-0.2, -0.15) is 0 Å². The second-order valence-electron chi connectivity index (χ2n) is 1.73. The van der Waals surface area contributed by atoms with Gasteiger partial charge in [0.2, 0.25) is 0 Å². The van der Waals surface area contributed by atoms with Crippen LogP contribution in [-0.2, 0) is 0 Å². The fourth-order valence-corrected chi connectivity index (χ4v) is 1.15. The molecular formula is C6H5BrO4. The van der Waals surface area contributed by atoms with E-state index in [0.29, 0.717) is 0 Å². The fraction of sp³-hybridized carbons (Fsp3) is 0. The fourth-order valence-electron chi connectivity index (χ4n) is 0.590. The molecule has 0 aliphatic rings. The molecule has 5 heteroatoms. The molecule has 11 heavy (non-hydrogen) atoms. The molecule has 1 aromatic carbocycles. The first kappa shape index (κ1) is 8.32. The summed E-state index contributed by atoms with van der Waals surface area (Å²) in [5.41, 5.74) is 0. The van der Waals surface area contributed by atoms with Crippen molar-refractivity contribution in [3.8, 4) is 11.5 Å². The van der Waals surface area contributed by atoms with E-state index in [1.54, 1.807) is 12.1 Å². The molecular weight excluding hydrogens is 216 g/mol. The van der Waals surface area contributed by atoms with Crippen molar-refractivity contribution >= 4 is 0 Å². The summed E-state index contributed by atoms with van der Waals surface area (Å²) in [6, 6.07) is 5.86. The van der Waals surface area contributed by atoms with Gasteiger partial charge in [0.1, 0.15) is 0 Å². The highest BCUT2D eigenvalue weighted by atomic mass is 80.0. The lowest BCUT2D eigenvalue weighted by atomic mass is 10.3. The average Bonchev–Trinajstić information content (AvgIpc) is 1.93. The molecule has 0 aliphatic heterocycles. The summed E-state index contributed by atoms with van der Waals surface area (Å²) in [5, 5.41) is 8.97. The van der Waals surface area contributed by atoms with Crippen LogP contribution in [0.1, 0.15) is 0 Å². The first-order valence-corrected chi connectivity index (χ1v) is 4.66. The number of benzene rings is 1. The summed E-state index contributed by atoms with van der Waals surface area (Å²) in [4.78, 5) is 0. The third-order valence-electron chi connectivity index (χ3n) is 1.01. The Bertz CT molecular complexity index is 238. The van der Waals surface area contributed by atoms with Crippen LogP contribution in [-0.4, -0.2) is 5.11 Å². The van der Waals surface area contributed by atoms with Crippen molar-refractivity contribution in [3.05, 3.63) is 24.3 Å². The maximum Gasteiger partial charge on any atom is 0.501 e. The van der Waals surface area contributed by atoms with Crippen LogP contribution in [0.15, 0.2) is 24.3 Å². The quantitative estimate of drug-likeness (QED) is 0.684. The average molecular weight is 221 g/mol. The maximum absolute atomic E-state index is 10.1. The summed E-state index contributed by atoms with van der Waals surface area (Å²) < 4.78 is 24.4. The number of para-hydroxylation sites is 2. The Labute approximate surface area is 68.5 Å². The van der Waals surface area contributed by atoms with Gasteiger partial charge in [0.05, 0.1) is 0 Å². The lowest BCUT2D eigenvalue weighted by Gasteiger charge is -1.95. The van der Waals surface area contributed by atoms with Gasteiger partial charge in [-0.05, 0) is 12.1 Å². The van der Waals surface area contributed by atoms with E-state index in [1.807, 2.05) is 0 Å². The molecule has 60 valence electrons. The molecule has 0 atom stereocenters. The first-order chi connectivity index (χ1) is 5.20. The molecule has 0 spiro atoms. The Hall–Kier alpha value is -0.780. The van der Waals surface area contributed by atoms with Crippen molar-refractivity contribution in [1.82, 2.24) is 0 Å². The van der Waals surface area contributed by atoms with Crippen molar-refractivity contribution in [2.75, 3.05) is 0 Å². The van der Waals surface area contributed by atoms with E-state index in [1.165, 1.54) is 12.1 Å². The van der Waals surface area contributed by atoms with Crippen LogP contribution in [0.3, 0.4) is 0 Å². The Balaban J connectivity index is 2.78. The molecule has 0 saturated heterocycles. The highest BCUT2D eigenvalue weighted by Gasteiger charge is 2.15. The zero-order valence-corrected chi connectivity index (χ0v) is 6.95. The lowest BCUT2D eigenvalue weighted by Crippen LogP contribution is -2.36. The van der Waals surface area contributed by atoms with Gasteiger partial charge in [-0.15, -0.1) is 3.83 Å². The Morgan fingerprint density at radius 3 is 2.45 bits per heavy atom. The van der Waals surface area contributed by atoms with Crippen LogP contribution in [0.5, 0.6) is 11.5 Å². The predicted molar refractivity (Wildman–Crippen MR) is 28.7 cm³/mol. The van der Waals surface area contributed by atoms with Gasteiger partial charge >= 0.3 is 14.8 Å². The molecule has 0 saturated carbocycles. The lowest BCUT2D eigenvalue weighted by molar-refractivity contribution is -1.62. The van der Waals surface area contributed by atoms with Gasteiger partial charge in [-0.1, -0.05) is 12.1 Å². The maximum atomic E-state index is 10.1. The molecule has 1 aromatic rings. The van der Waals surface area contributed by atoms with Crippen molar-refractivity contribution in [3.63, 3.8) is 0 Å². The summed E-state index contributed by atoms with van der Waals surface area (Å²) in [5.74, 6) is -0.213. The summed E-state index contributed by atoms with van der Waals surface area (Å²) in [7, 11) is 0. The second-order valence-corrected chi connectivity index (χ2v) is 2.85. The highest BCUT2D eigenvalue weighted by molar-refractivity contribution is 5.37. The van der Waals surface area contributed by atoms with Gasteiger partial charge in [-0.3, -0.25) is 0 Å². The van der Waals surface area contributed by atoms with Crippen LogP contribution in [0.25, 0.3) is 0 Å². The van der Waals surface area contributed by atoms with E-state index in [0.717, 1.165) is 0 Å². The predicted octanol–water partition coefficient (Wildman–Crippen LogP) is -1.14. The van der Waals surface area contributed by atoms with Gasteiger partial charge in [0.15, 0.2) is 5.75 Å². The van der Waals surface area contributed by atoms with E-state index >= 15 is 0 Å². The van der Waals surface area contributed by atoms with E-state index in [4.69, 9.17) is 5.11 Å². The smallest absolute Gasteiger partial charge is 0.501 e. The number of phenols is 1. The zero-order chi connectivity index (χ0) is 8.27. The molecule has 4 nitrogen and oxygen atoms in total. The summed E-state index contributed by atoms with van der Waals surface area (Å²) in [6.07, 6.45) is 0. The van der Waals surface area contributed by atoms with Gasteiger partial charge in [0, 0.05) is 0 Å². The Morgan fingerprint density at radius 2 is 1.91 bits per heavy atom. The summed E-state index contributed by atoms with van der Waals surface area (Å²) >= 11 is -3.29. The minimum absolute atomic E-state index is 0.0347. The minimum atomic E-state index is -3.29. The van der Waals surface area contributed by atoms with Gasteiger partial charge < -0.3 is 13.5 Å². The number of aromatic hydroxyl groups is 1. The highest BCUT2D eigenvalue weighted by Crippen LogP contribution is 2.24. The van der Waals surface area contributed by atoms with Crippen LogP contribution >= 0.6 is 0 Å². The number of hydrogen-bond donors (Lipinski definition) is 1. The topological polar surface area (TPSA) is 75.6 Å². The third kappa shape index (κ3) is 2.38. The standard InChI is InChI=1S/C6H5BrO4/c8-5-3-1-2-4-6(5)11-7(9)10/h1-4,8H. The molecule has 0 radical (unpaired) electrons. The van der Waals surface area contributed by atoms with Crippen LogP contribution in [0.4, 0.5) is 0 Å². The Kier molecular flexibility index (Phi) is 2.70. The molecule has 1 N–H and O–H groups in total. The van der Waals surface area contributed by atoms with Crippen molar-refractivity contribution in [2.24, 2.45) is 0 Å². The van der Waals surface area contributed by atoms with Gasteiger partial charge in [0.25, 0.3) is 5.75 Å². The largest absolute Gasteiger partial charge is 0.504 e. The number of rotatable bonds is 2. The van der Waals surface area contributed by atoms with Crippen LogP contribution in [0.2, 0.25) is 0 Å². The van der Waals surface area contributed by atoms with Crippen molar-refractivity contribution < 1.29 is 32.1 Å². The van der Waals surface area contributed by atoms with E-state index in [-0.39, 0.29) is 11.5 Å². The van der Waals surface area contributed by atoms with E-state index in [9.17, 15) is 8.40 Å². The van der Waals surface area contributed by atoms with Crippen LogP contribution < -0.4 is 12.2 Å². The molecule has 0 bridgehead atoms. The molecule has 0 fully saturated rings. The Morgan fingerprint density at radius 1 is 1.27 bits per heavy atom. The third-order valence-corrected chi connectivity index (χ3v) is 1.62. The second kappa shape index (κ2) is 3.56.